The van der Waals surface area contributed by atoms with E-state index in [1.165, 1.54) is 0 Å². The lowest BCUT2D eigenvalue weighted by Gasteiger charge is -2.26. The van der Waals surface area contributed by atoms with Gasteiger partial charge in [-0.25, -0.2) is 0 Å². The number of amides is 2. The Kier molecular flexibility index (Phi) is 3.40. The second kappa shape index (κ2) is 4.67. The minimum absolute atomic E-state index is 0.0409. The highest BCUT2D eigenvalue weighted by molar-refractivity contribution is 5.81. The molecule has 1 heterocycles. The van der Waals surface area contributed by atoms with Crippen LogP contribution in [0.25, 0.3) is 0 Å². The molecule has 2 N–H and O–H groups in total. The van der Waals surface area contributed by atoms with E-state index in [1.54, 1.807) is 0 Å². The molecule has 1 unspecified atom stereocenters. The van der Waals surface area contributed by atoms with Gasteiger partial charge in [0, 0.05) is 24.4 Å². The molecule has 0 aromatic carbocycles. The van der Waals surface area contributed by atoms with Crippen molar-refractivity contribution in [3.63, 3.8) is 0 Å². The summed E-state index contributed by atoms with van der Waals surface area (Å²) in [5.74, 6) is 0.662. The van der Waals surface area contributed by atoms with E-state index >= 15 is 0 Å². The second-order valence-corrected chi connectivity index (χ2v) is 5.72. The fourth-order valence-corrected chi connectivity index (χ4v) is 2.57. The van der Waals surface area contributed by atoms with Gasteiger partial charge in [-0.1, -0.05) is 13.8 Å². The fraction of sp³-hybridized carbons (Fsp3) is 0.846. The third-order valence-corrected chi connectivity index (χ3v) is 4.04. The molecule has 0 aromatic heterocycles. The monoisotopic (exact) mass is 238 g/mol. The molecule has 0 aromatic rings. The molecule has 2 rings (SSSR count). The van der Waals surface area contributed by atoms with Gasteiger partial charge in [0.05, 0.1) is 0 Å². The molecule has 0 spiro atoms. The van der Waals surface area contributed by atoms with Crippen molar-refractivity contribution in [3.8, 4) is 0 Å². The quantitative estimate of drug-likeness (QED) is 0.776. The van der Waals surface area contributed by atoms with E-state index in [-0.39, 0.29) is 23.4 Å². The molecule has 4 heteroatoms. The molecule has 1 aliphatic heterocycles. The Balaban J connectivity index is 1.79. The van der Waals surface area contributed by atoms with Crippen LogP contribution in [0.1, 0.15) is 52.4 Å². The van der Waals surface area contributed by atoms with Crippen molar-refractivity contribution >= 4 is 11.8 Å². The van der Waals surface area contributed by atoms with Crippen molar-refractivity contribution in [1.29, 1.82) is 0 Å². The Bertz CT molecular complexity index is 321. The summed E-state index contributed by atoms with van der Waals surface area (Å²) in [6.07, 6.45) is 5.04. The van der Waals surface area contributed by atoms with Crippen LogP contribution in [-0.4, -0.2) is 23.4 Å². The summed E-state index contributed by atoms with van der Waals surface area (Å²) in [6, 6.07) is 0.0409. The first-order valence-electron chi connectivity index (χ1n) is 6.62. The van der Waals surface area contributed by atoms with E-state index in [1.807, 2.05) is 0 Å². The highest BCUT2D eigenvalue weighted by Crippen LogP contribution is 2.42. The number of hydrogen-bond donors (Lipinski definition) is 2. The van der Waals surface area contributed by atoms with Crippen LogP contribution in [0, 0.1) is 5.92 Å². The maximum Gasteiger partial charge on any atom is 0.222 e. The maximum atomic E-state index is 11.9. The average Bonchev–Trinajstić information content (AvgIpc) is 2.98. The Morgan fingerprint density at radius 2 is 2.24 bits per heavy atom. The number of rotatable bonds is 4. The third kappa shape index (κ3) is 2.99. The van der Waals surface area contributed by atoms with Crippen LogP contribution in [0.4, 0.5) is 0 Å². The number of carbonyl (C=O) groups excluding carboxylic acids is 2. The average molecular weight is 238 g/mol. The standard InChI is InChI=1S/C13H22N2O2/c1-9(2)13(6-7-13)15-12(17)8-10-4-3-5-11(16)14-10/h9-10H,3-8H2,1-2H3,(H,14,16)(H,15,17). The predicted octanol–water partition coefficient (Wildman–Crippen LogP) is 1.35. The maximum absolute atomic E-state index is 11.9. The molecular weight excluding hydrogens is 216 g/mol. The van der Waals surface area contributed by atoms with Gasteiger partial charge in [0.25, 0.3) is 0 Å². The van der Waals surface area contributed by atoms with Gasteiger partial charge in [-0.3, -0.25) is 9.59 Å². The Morgan fingerprint density at radius 1 is 1.53 bits per heavy atom. The van der Waals surface area contributed by atoms with Crippen LogP contribution in [0.5, 0.6) is 0 Å². The molecule has 1 saturated carbocycles. The molecule has 0 radical (unpaired) electrons. The Morgan fingerprint density at radius 3 is 2.76 bits per heavy atom. The van der Waals surface area contributed by atoms with Crippen molar-refractivity contribution in [2.75, 3.05) is 0 Å². The van der Waals surface area contributed by atoms with E-state index in [4.69, 9.17) is 0 Å². The molecular formula is C13H22N2O2. The minimum atomic E-state index is 0.0409. The first kappa shape index (κ1) is 12.4. The lowest BCUT2D eigenvalue weighted by atomic mass is 9.99. The van der Waals surface area contributed by atoms with Crippen molar-refractivity contribution in [2.45, 2.75) is 64.0 Å². The summed E-state index contributed by atoms with van der Waals surface area (Å²) >= 11 is 0. The summed E-state index contributed by atoms with van der Waals surface area (Å²) in [5, 5.41) is 6.02. The smallest absolute Gasteiger partial charge is 0.222 e. The lowest BCUT2D eigenvalue weighted by molar-refractivity contribution is -0.125. The van der Waals surface area contributed by atoms with Crippen LogP contribution in [0.15, 0.2) is 0 Å². The summed E-state index contributed by atoms with van der Waals surface area (Å²) in [4.78, 5) is 23.1. The van der Waals surface area contributed by atoms with Crippen molar-refractivity contribution < 1.29 is 9.59 Å². The van der Waals surface area contributed by atoms with Crippen LogP contribution in [0.2, 0.25) is 0 Å². The molecule has 2 fully saturated rings. The van der Waals surface area contributed by atoms with Gasteiger partial charge in [0.15, 0.2) is 0 Å². The Labute approximate surface area is 103 Å². The lowest BCUT2D eigenvalue weighted by Crippen LogP contribution is -2.46. The van der Waals surface area contributed by atoms with Gasteiger partial charge in [0.2, 0.25) is 11.8 Å². The van der Waals surface area contributed by atoms with E-state index < -0.39 is 0 Å². The largest absolute Gasteiger partial charge is 0.353 e. The predicted molar refractivity (Wildman–Crippen MR) is 65.3 cm³/mol. The topological polar surface area (TPSA) is 58.2 Å². The van der Waals surface area contributed by atoms with E-state index in [0.29, 0.717) is 18.8 Å². The minimum Gasteiger partial charge on any atom is -0.353 e. The fourth-order valence-electron chi connectivity index (χ4n) is 2.57. The molecule has 0 bridgehead atoms. The molecule has 4 nitrogen and oxygen atoms in total. The van der Waals surface area contributed by atoms with Gasteiger partial charge in [-0.2, -0.15) is 0 Å². The van der Waals surface area contributed by atoms with E-state index in [9.17, 15) is 9.59 Å². The summed E-state index contributed by atoms with van der Waals surface area (Å²) in [6.45, 7) is 4.30. The molecule has 17 heavy (non-hydrogen) atoms. The first-order valence-corrected chi connectivity index (χ1v) is 6.62. The third-order valence-electron chi connectivity index (χ3n) is 4.04. The number of piperidine rings is 1. The highest BCUT2D eigenvalue weighted by Gasteiger charge is 2.46. The van der Waals surface area contributed by atoms with Gasteiger partial charge in [0.1, 0.15) is 0 Å². The van der Waals surface area contributed by atoms with Crippen LogP contribution in [-0.2, 0) is 9.59 Å². The molecule has 2 amide bonds. The van der Waals surface area contributed by atoms with Gasteiger partial charge >= 0.3 is 0 Å². The van der Waals surface area contributed by atoms with Gasteiger partial charge in [-0.05, 0) is 31.6 Å². The molecule has 96 valence electrons. The second-order valence-electron chi connectivity index (χ2n) is 5.72. The molecule has 1 aliphatic carbocycles. The summed E-state index contributed by atoms with van der Waals surface area (Å²) < 4.78 is 0. The summed E-state index contributed by atoms with van der Waals surface area (Å²) in [5.41, 5.74) is 0.0513. The van der Waals surface area contributed by atoms with Crippen molar-refractivity contribution in [2.24, 2.45) is 5.92 Å². The van der Waals surface area contributed by atoms with Gasteiger partial charge < -0.3 is 10.6 Å². The zero-order chi connectivity index (χ0) is 12.5. The van der Waals surface area contributed by atoms with Crippen LogP contribution in [0.3, 0.4) is 0 Å². The van der Waals surface area contributed by atoms with Gasteiger partial charge in [-0.15, -0.1) is 0 Å². The summed E-state index contributed by atoms with van der Waals surface area (Å²) in [7, 11) is 0. The molecule has 2 aliphatic rings. The first-order chi connectivity index (χ1) is 8.02. The molecule has 1 atom stereocenters. The van der Waals surface area contributed by atoms with E-state index in [2.05, 4.69) is 24.5 Å². The number of carbonyl (C=O) groups is 2. The van der Waals surface area contributed by atoms with Crippen LogP contribution < -0.4 is 10.6 Å². The van der Waals surface area contributed by atoms with Crippen LogP contribution >= 0.6 is 0 Å². The number of nitrogens with one attached hydrogen (secondary N) is 2. The highest BCUT2D eigenvalue weighted by atomic mass is 16.2. The normalized spacial score (nSPS) is 26.5. The zero-order valence-electron chi connectivity index (χ0n) is 10.7. The SMILES string of the molecule is CC(C)C1(NC(=O)CC2CCCC(=O)N2)CC1. The van der Waals surface area contributed by atoms with E-state index in [0.717, 1.165) is 25.7 Å². The number of hydrogen-bond acceptors (Lipinski definition) is 2. The zero-order valence-corrected chi connectivity index (χ0v) is 10.7. The Hall–Kier alpha value is -1.06. The van der Waals surface area contributed by atoms with Crippen molar-refractivity contribution in [3.05, 3.63) is 0 Å². The van der Waals surface area contributed by atoms with Crippen molar-refractivity contribution in [1.82, 2.24) is 10.6 Å². The molecule has 1 saturated heterocycles.